The largest absolute Gasteiger partial charge is 0.418 e. The van der Waals surface area contributed by atoms with E-state index in [4.69, 9.17) is 23.2 Å². The highest BCUT2D eigenvalue weighted by molar-refractivity contribution is 6.36. The molecule has 0 bridgehead atoms. The molecule has 1 N–H and O–H groups in total. The molecule has 3 saturated heterocycles. The van der Waals surface area contributed by atoms with E-state index in [-0.39, 0.29) is 27.0 Å². The van der Waals surface area contributed by atoms with Crippen LogP contribution in [0.1, 0.15) is 24.0 Å². The van der Waals surface area contributed by atoms with Crippen LogP contribution in [0.4, 0.5) is 24.5 Å². The van der Waals surface area contributed by atoms with Crippen molar-refractivity contribution >= 4 is 52.3 Å². The number of hydrogen-bond donors (Lipinski definition) is 1. The molecular formula is C23H16Cl2F3N3O3. The van der Waals surface area contributed by atoms with Gasteiger partial charge in [0.05, 0.1) is 28.8 Å². The number of amides is 3. The second-order valence-electron chi connectivity index (χ2n) is 8.99. The number of anilines is 2. The Labute approximate surface area is 201 Å². The number of rotatable bonds is 1. The van der Waals surface area contributed by atoms with Gasteiger partial charge in [0.25, 0.3) is 0 Å². The molecule has 4 unspecified atom stereocenters. The summed E-state index contributed by atoms with van der Waals surface area (Å²) in [5, 5.41) is 2.85. The van der Waals surface area contributed by atoms with Crippen LogP contribution in [-0.2, 0) is 26.1 Å². The lowest BCUT2D eigenvalue weighted by atomic mass is 9.75. The van der Waals surface area contributed by atoms with Gasteiger partial charge in [0, 0.05) is 21.7 Å². The summed E-state index contributed by atoms with van der Waals surface area (Å²) in [5.41, 5.74) is -2.78. The number of imide groups is 1. The van der Waals surface area contributed by atoms with Crippen molar-refractivity contribution in [1.29, 1.82) is 0 Å². The van der Waals surface area contributed by atoms with E-state index >= 15 is 0 Å². The summed E-state index contributed by atoms with van der Waals surface area (Å²) >= 11 is 12.2. The molecule has 0 saturated carbocycles. The monoisotopic (exact) mass is 509 g/mol. The minimum absolute atomic E-state index is 0.0823. The number of alkyl halides is 3. The van der Waals surface area contributed by atoms with Crippen LogP contribution >= 0.6 is 23.2 Å². The predicted octanol–water partition coefficient (Wildman–Crippen LogP) is 4.44. The summed E-state index contributed by atoms with van der Waals surface area (Å²) < 4.78 is 41.3. The molecule has 3 fully saturated rings. The van der Waals surface area contributed by atoms with E-state index in [2.05, 4.69) is 5.32 Å². The fourth-order valence-corrected chi connectivity index (χ4v) is 6.90. The molecule has 6 rings (SSSR count). The van der Waals surface area contributed by atoms with Crippen molar-refractivity contribution in [2.24, 2.45) is 11.8 Å². The van der Waals surface area contributed by atoms with E-state index in [1.165, 1.54) is 30.3 Å². The summed E-state index contributed by atoms with van der Waals surface area (Å²) in [4.78, 5) is 43.8. The third kappa shape index (κ3) is 2.60. The first-order chi connectivity index (χ1) is 16.1. The third-order valence-electron chi connectivity index (χ3n) is 7.44. The highest BCUT2D eigenvalue weighted by Crippen LogP contribution is 2.61. The lowest BCUT2D eigenvalue weighted by Crippen LogP contribution is -2.54. The van der Waals surface area contributed by atoms with Crippen LogP contribution in [0.5, 0.6) is 0 Å². The molecule has 176 valence electrons. The van der Waals surface area contributed by atoms with Crippen LogP contribution in [-0.4, -0.2) is 35.2 Å². The zero-order chi connectivity index (χ0) is 24.2. The Balaban J connectivity index is 1.57. The maximum atomic E-state index is 13.8. The molecule has 4 aliphatic heterocycles. The average Bonchev–Trinajstić information content (AvgIpc) is 3.44. The van der Waals surface area contributed by atoms with Gasteiger partial charge >= 0.3 is 6.18 Å². The van der Waals surface area contributed by atoms with Crippen LogP contribution in [0.2, 0.25) is 10.0 Å². The van der Waals surface area contributed by atoms with Crippen molar-refractivity contribution < 1.29 is 27.6 Å². The van der Waals surface area contributed by atoms with Gasteiger partial charge in [-0.3, -0.25) is 19.3 Å². The molecule has 0 radical (unpaired) electrons. The number of nitrogens with zero attached hydrogens (tertiary/aromatic N) is 2. The minimum Gasteiger partial charge on any atom is -0.323 e. The minimum atomic E-state index is -4.70. The number of nitrogens with one attached hydrogen (secondary N) is 1. The van der Waals surface area contributed by atoms with Crippen molar-refractivity contribution in [3.63, 3.8) is 0 Å². The topological polar surface area (TPSA) is 69.7 Å². The molecule has 0 aromatic heterocycles. The Bertz CT molecular complexity index is 1280. The maximum Gasteiger partial charge on any atom is 0.418 e. The molecule has 1 spiro atoms. The fourth-order valence-electron chi connectivity index (χ4n) is 6.39. The fraction of sp³-hybridized carbons (Fsp3) is 0.348. The number of fused-ring (bicyclic) bond motifs is 7. The predicted molar refractivity (Wildman–Crippen MR) is 117 cm³/mol. The number of para-hydroxylation sites is 1. The average molecular weight is 510 g/mol. The van der Waals surface area contributed by atoms with E-state index in [0.717, 1.165) is 11.0 Å². The Morgan fingerprint density at radius 3 is 2.41 bits per heavy atom. The van der Waals surface area contributed by atoms with Gasteiger partial charge in [0.2, 0.25) is 17.7 Å². The first-order valence-electron chi connectivity index (χ1n) is 10.7. The second kappa shape index (κ2) is 6.96. The van der Waals surface area contributed by atoms with Crippen LogP contribution in [0, 0.1) is 11.8 Å². The highest BCUT2D eigenvalue weighted by Gasteiger charge is 2.75. The molecule has 4 atom stereocenters. The summed E-state index contributed by atoms with van der Waals surface area (Å²) in [6.07, 6.45) is -3.50. The standard InChI is InChI=1S/C23H16Cl2F3N3O3/c24-10-7-11(25)9-12(8-10)31-19(32)16-15-5-2-6-30(15)22(17(16)20(31)33)13-3-1-4-14(23(26,27)28)18(13)29-21(22)34/h1,3-4,7-9,15-17H,2,5-6H2,(H,29,34). The number of benzene rings is 2. The Kier molecular flexibility index (Phi) is 4.48. The van der Waals surface area contributed by atoms with E-state index in [0.29, 0.717) is 19.4 Å². The van der Waals surface area contributed by atoms with Crippen molar-refractivity contribution in [3.05, 3.63) is 57.6 Å². The van der Waals surface area contributed by atoms with Crippen LogP contribution in [0.3, 0.4) is 0 Å². The molecule has 3 amide bonds. The maximum absolute atomic E-state index is 13.8. The Morgan fingerprint density at radius 1 is 1.03 bits per heavy atom. The van der Waals surface area contributed by atoms with Gasteiger partial charge < -0.3 is 5.32 Å². The van der Waals surface area contributed by atoms with Gasteiger partial charge in [-0.2, -0.15) is 13.2 Å². The van der Waals surface area contributed by atoms with Gasteiger partial charge in [0.15, 0.2) is 0 Å². The normalized spacial score (nSPS) is 30.2. The van der Waals surface area contributed by atoms with Crippen molar-refractivity contribution in [2.45, 2.75) is 30.6 Å². The van der Waals surface area contributed by atoms with Crippen LogP contribution < -0.4 is 10.2 Å². The second-order valence-corrected chi connectivity index (χ2v) is 9.87. The molecule has 0 aliphatic carbocycles. The molecule has 2 aromatic carbocycles. The summed E-state index contributed by atoms with van der Waals surface area (Å²) in [6.45, 7) is 0.393. The Morgan fingerprint density at radius 2 is 1.74 bits per heavy atom. The summed E-state index contributed by atoms with van der Waals surface area (Å²) in [6, 6.07) is 7.43. The number of carbonyl (C=O) groups excluding carboxylic acids is 3. The van der Waals surface area contributed by atoms with Gasteiger partial charge in [-0.25, -0.2) is 4.90 Å². The molecule has 11 heteroatoms. The van der Waals surface area contributed by atoms with Crippen LogP contribution in [0.25, 0.3) is 0 Å². The zero-order valence-electron chi connectivity index (χ0n) is 17.3. The van der Waals surface area contributed by atoms with E-state index in [9.17, 15) is 27.6 Å². The third-order valence-corrected chi connectivity index (χ3v) is 7.88. The first-order valence-corrected chi connectivity index (χ1v) is 11.4. The molecule has 2 aromatic rings. The lowest BCUT2D eigenvalue weighted by molar-refractivity contribution is -0.137. The lowest BCUT2D eigenvalue weighted by Gasteiger charge is -2.36. The van der Waals surface area contributed by atoms with Gasteiger partial charge in [-0.1, -0.05) is 35.3 Å². The molecular weight excluding hydrogens is 494 g/mol. The Hall–Kier alpha value is -2.62. The summed E-state index contributed by atoms with van der Waals surface area (Å²) in [5.74, 6) is -3.92. The SMILES string of the molecule is O=C1C2C3CCCN3C3(C(=O)Nc4c(C(F)(F)F)cccc43)C2C(=O)N1c1cc(Cl)cc(Cl)c1. The number of halogens is 5. The smallest absolute Gasteiger partial charge is 0.323 e. The van der Waals surface area contributed by atoms with Gasteiger partial charge in [-0.15, -0.1) is 0 Å². The van der Waals surface area contributed by atoms with Crippen LogP contribution in [0.15, 0.2) is 36.4 Å². The van der Waals surface area contributed by atoms with Gasteiger partial charge in [0.1, 0.15) is 5.54 Å². The molecule has 4 heterocycles. The van der Waals surface area contributed by atoms with E-state index in [1.807, 2.05) is 0 Å². The number of carbonyl (C=O) groups is 3. The quantitative estimate of drug-likeness (QED) is 0.577. The molecule has 4 aliphatic rings. The first kappa shape index (κ1) is 21.9. The highest BCUT2D eigenvalue weighted by atomic mass is 35.5. The molecule has 6 nitrogen and oxygen atoms in total. The van der Waals surface area contributed by atoms with Gasteiger partial charge in [-0.05, 0) is 43.7 Å². The number of hydrogen-bond acceptors (Lipinski definition) is 4. The van der Waals surface area contributed by atoms with Crippen molar-refractivity contribution in [2.75, 3.05) is 16.8 Å². The van der Waals surface area contributed by atoms with Crippen molar-refractivity contribution in [3.8, 4) is 0 Å². The van der Waals surface area contributed by atoms with E-state index < -0.39 is 52.9 Å². The summed E-state index contributed by atoms with van der Waals surface area (Å²) in [7, 11) is 0. The molecule has 34 heavy (non-hydrogen) atoms. The van der Waals surface area contributed by atoms with E-state index in [1.54, 1.807) is 4.90 Å². The zero-order valence-corrected chi connectivity index (χ0v) is 18.8. The van der Waals surface area contributed by atoms with Crippen molar-refractivity contribution in [1.82, 2.24) is 4.90 Å².